The molecule has 0 saturated heterocycles. The fourth-order valence-electron chi connectivity index (χ4n) is 1.75. The predicted molar refractivity (Wildman–Crippen MR) is 70.6 cm³/mol. The van der Waals surface area contributed by atoms with Gasteiger partial charge in [-0.15, -0.1) is 0 Å². The van der Waals surface area contributed by atoms with Gasteiger partial charge in [-0.25, -0.2) is 9.37 Å². The van der Waals surface area contributed by atoms with Crippen molar-refractivity contribution >= 4 is 11.7 Å². The highest BCUT2D eigenvalue weighted by atomic mass is 19.4. The van der Waals surface area contributed by atoms with Crippen LogP contribution in [0.1, 0.15) is 31.1 Å². The summed E-state index contributed by atoms with van der Waals surface area (Å²) in [6.07, 6.45) is -3.63. The van der Waals surface area contributed by atoms with Crippen LogP contribution < -0.4 is 5.32 Å². The van der Waals surface area contributed by atoms with Crippen molar-refractivity contribution in [3.05, 3.63) is 23.6 Å². The Hall–Kier alpha value is -1.86. The molecule has 0 aromatic carbocycles. The second kappa shape index (κ2) is 6.73. The van der Waals surface area contributed by atoms with Crippen LogP contribution in [0.4, 0.5) is 23.4 Å². The molecule has 0 atom stereocenters. The van der Waals surface area contributed by atoms with Crippen molar-refractivity contribution in [1.29, 1.82) is 0 Å². The van der Waals surface area contributed by atoms with Crippen LogP contribution in [0.25, 0.3) is 0 Å². The number of hydrogen-bond donors (Lipinski definition) is 1. The van der Waals surface area contributed by atoms with Gasteiger partial charge >= 0.3 is 6.18 Å². The molecule has 0 fully saturated rings. The van der Waals surface area contributed by atoms with Crippen molar-refractivity contribution in [2.24, 2.45) is 0 Å². The Morgan fingerprint density at radius 1 is 1.43 bits per heavy atom. The molecule has 0 bridgehead atoms. The molecule has 1 amide bonds. The average Bonchev–Trinajstić information content (AvgIpc) is 2.36. The lowest BCUT2D eigenvalue weighted by Gasteiger charge is -2.28. The molecule has 1 N–H and O–H groups in total. The molecule has 4 nitrogen and oxygen atoms in total. The molecule has 1 aromatic heterocycles. The third-order valence-corrected chi connectivity index (χ3v) is 2.66. The normalized spacial score (nSPS) is 11.6. The SMILES string of the molecule is CCNc1ncc(F)cc1C(=O)N(CC(F)(F)F)C(C)C. The van der Waals surface area contributed by atoms with Crippen LogP contribution in [-0.2, 0) is 0 Å². The number of hydrogen-bond acceptors (Lipinski definition) is 3. The first-order valence-electron chi connectivity index (χ1n) is 6.42. The highest BCUT2D eigenvalue weighted by Gasteiger charge is 2.35. The first kappa shape index (κ1) is 17.2. The lowest BCUT2D eigenvalue weighted by molar-refractivity contribution is -0.143. The van der Waals surface area contributed by atoms with E-state index in [1.807, 2.05) is 0 Å². The number of aromatic nitrogens is 1. The Morgan fingerprint density at radius 3 is 2.52 bits per heavy atom. The standard InChI is InChI=1S/C13H17F4N3O/c1-4-18-11-10(5-9(14)6-19-11)12(21)20(8(2)3)7-13(15,16)17/h5-6,8H,4,7H2,1-3H3,(H,18,19). The minimum atomic E-state index is -4.53. The number of amides is 1. The fourth-order valence-corrected chi connectivity index (χ4v) is 1.75. The van der Waals surface area contributed by atoms with E-state index in [4.69, 9.17) is 0 Å². The van der Waals surface area contributed by atoms with E-state index in [0.717, 1.165) is 12.3 Å². The topological polar surface area (TPSA) is 45.2 Å². The number of nitrogens with zero attached hydrogens (tertiary/aromatic N) is 2. The molecular formula is C13H17F4N3O. The van der Waals surface area contributed by atoms with Gasteiger partial charge in [0.05, 0.1) is 11.8 Å². The van der Waals surface area contributed by atoms with Gasteiger partial charge in [0.1, 0.15) is 18.2 Å². The number of carbonyl (C=O) groups excluding carboxylic acids is 1. The molecule has 0 unspecified atom stereocenters. The number of halogens is 4. The van der Waals surface area contributed by atoms with Gasteiger partial charge in [-0.1, -0.05) is 0 Å². The lowest BCUT2D eigenvalue weighted by Crippen LogP contribution is -2.43. The van der Waals surface area contributed by atoms with E-state index in [1.165, 1.54) is 13.8 Å². The Balaban J connectivity index is 3.17. The lowest BCUT2D eigenvalue weighted by atomic mass is 10.2. The van der Waals surface area contributed by atoms with Crippen LogP contribution >= 0.6 is 0 Å². The number of alkyl halides is 3. The molecular weight excluding hydrogens is 290 g/mol. The van der Waals surface area contributed by atoms with E-state index in [1.54, 1.807) is 6.92 Å². The molecule has 1 heterocycles. The summed E-state index contributed by atoms with van der Waals surface area (Å²) in [6, 6.07) is 0.205. The van der Waals surface area contributed by atoms with Gasteiger partial charge in [-0.2, -0.15) is 13.2 Å². The van der Waals surface area contributed by atoms with Crippen molar-refractivity contribution < 1.29 is 22.4 Å². The first-order chi connectivity index (χ1) is 9.65. The summed E-state index contributed by atoms with van der Waals surface area (Å²) < 4.78 is 51.0. The third-order valence-electron chi connectivity index (χ3n) is 2.66. The smallest absolute Gasteiger partial charge is 0.370 e. The van der Waals surface area contributed by atoms with E-state index in [9.17, 15) is 22.4 Å². The third kappa shape index (κ3) is 4.87. The zero-order valence-electron chi connectivity index (χ0n) is 12.0. The maximum atomic E-state index is 13.3. The van der Waals surface area contributed by atoms with Gasteiger partial charge in [-0.05, 0) is 26.8 Å². The average molecular weight is 307 g/mol. The van der Waals surface area contributed by atoms with E-state index in [2.05, 4.69) is 10.3 Å². The van der Waals surface area contributed by atoms with Crippen LogP contribution in [0.3, 0.4) is 0 Å². The van der Waals surface area contributed by atoms with Crippen molar-refractivity contribution in [1.82, 2.24) is 9.88 Å². The Labute approximate surface area is 120 Å². The fraction of sp³-hybridized carbons (Fsp3) is 0.538. The zero-order chi connectivity index (χ0) is 16.2. The van der Waals surface area contributed by atoms with Crippen LogP contribution in [0.15, 0.2) is 12.3 Å². The van der Waals surface area contributed by atoms with E-state index >= 15 is 0 Å². The highest BCUT2D eigenvalue weighted by molar-refractivity contribution is 5.99. The summed E-state index contributed by atoms with van der Waals surface area (Å²) in [4.78, 5) is 16.6. The summed E-state index contributed by atoms with van der Waals surface area (Å²) in [5.74, 6) is -1.63. The second-order valence-corrected chi connectivity index (χ2v) is 4.72. The number of rotatable bonds is 5. The zero-order valence-corrected chi connectivity index (χ0v) is 12.0. The molecule has 0 saturated carbocycles. The van der Waals surface area contributed by atoms with E-state index in [0.29, 0.717) is 11.4 Å². The number of nitrogens with one attached hydrogen (secondary N) is 1. The quantitative estimate of drug-likeness (QED) is 0.850. The van der Waals surface area contributed by atoms with Crippen molar-refractivity contribution in [2.45, 2.75) is 33.0 Å². The summed E-state index contributed by atoms with van der Waals surface area (Å²) in [5, 5.41) is 2.73. The molecule has 0 aliphatic rings. The van der Waals surface area contributed by atoms with Gasteiger partial charge < -0.3 is 10.2 Å². The predicted octanol–water partition coefficient (Wildman–Crippen LogP) is 3.07. The number of anilines is 1. The maximum Gasteiger partial charge on any atom is 0.406 e. The minimum absolute atomic E-state index is 0.0664. The van der Waals surface area contributed by atoms with Crippen LogP contribution in [0.2, 0.25) is 0 Å². The molecule has 8 heteroatoms. The second-order valence-electron chi connectivity index (χ2n) is 4.72. The van der Waals surface area contributed by atoms with E-state index in [-0.39, 0.29) is 11.4 Å². The molecule has 0 aliphatic heterocycles. The molecule has 0 aliphatic carbocycles. The number of carbonyl (C=O) groups is 1. The molecule has 1 aromatic rings. The van der Waals surface area contributed by atoms with Gasteiger partial charge in [0.2, 0.25) is 0 Å². The van der Waals surface area contributed by atoms with Gasteiger partial charge in [0.15, 0.2) is 0 Å². The molecule has 0 spiro atoms. The number of pyridine rings is 1. The molecule has 0 radical (unpaired) electrons. The largest absolute Gasteiger partial charge is 0.406 e. The summed E-state index contributed by atoms with van der Waals surface area (Å²) in [5.41, 5.74) is -0.213. The van der Waals surface area contributed by atoms with Crippen molar-refractivity contribution in [3.8, 4) is 0 Å². The Bertz CT molecular complexity index is 503. The van der Waals surface area contributed by atoms with Crippen LogP contribution in [0, 0.1) is 5.82 Å². The van der Waals surface area contributed by atoms with Crippen LogP contribution in [0.5, 0.6) is 0 Å². The Kier molecular flexibility index (Phi) is 5.51. The first-order valence-corrected chi connectivity index (χ1v) is 6.42. The summed E-state index contributed by atoms with van der Waals surface area (Å²) in [6.45, 7) is 3.66. The van der Waals surface area contributed by atoms with Gasteiger partial charge in [0.25, 0.3) is 5.91 Å². The van der Waals surface area contributed by atoms with Gasteiger partial charge in [0, 0.05) is 12.6 Å². The molecule has 21 heavy (non-hydrogen) atoms. The molecule has 118 valence electrons. The van der Waals surface area contributed by atoms with Gasteiger partial charge in [-0.3, -0.25) is 4.79 Å². The Morgan fingerprint density at radius 2 is 2.05 bits per heavy atom. The monoisotopic (exact) mass is 307 g/mol. The van der Waals surface area contributed by atoms with E-state index < -0.39 is 30.5 Å². The van der Waals surface area contributed by atoms with Crippen molar-refractivity contribution in [3.63, 3.8) is 0 Å². The highest BCUT2D eigenvalue weighted by Crippen LogP contribution is 2.22. The minimum Gasteiger partial charge on any atom is -0.370 e. The molecule has 1 rings (SSSR count). The van der Waals surface area contributed by atoms with Crippen LogP contribution in [-0.4, -0.2) is 41.1 Å². The maximum absolute atomic E-state index is 13.3. The summed E-state index contributed by atoms with van der Waals surface area (Å²) in [7, 11) is 0. The van der Waals surface area contributed by atoms with Crippen molar-refractivity contribution in [2.75, 3.05) is 18.4 Å². The summed E-state index contributed by atoms with van der Waals surface area (Å²) >= 11 is 0.